The maximum absolute atomic E-state index is 13.2. The average molecular weight is 621 g/mol. The highest BCUT2D eigenvalue weighted by Crippen LogP contribution is 2.60. The SMILES string of the molecule is CC(=O)O.CC(C)c1nc2c(c3c1C(c1ccc(C(F)(F)F)nc1)OC31CCOCC1)C(O)CC1(CCC1)C2.CCC(C)C. The zero-order chi connectivity index (χ0) is 32.4. The Hall–Kier alpha value is -2.56. The van der Waals surface area contributed by atoms with Crippen LogP contribution in [0.1, 0.15) is 144 Å². The normalized spacial score (nSPS) is 22.8. The first-order valence-corrected chi connectivity index (χ1v) is 15.9. The lowest BCUT2D eigenvalue weighted by atomic mass is 9.58. The topological polar surface area (TPSA) is 102 Å². The zero-order valence-corrected chi connectivity index (χ0v) is 26.8. The van der Waals surface area contributed by atoms with Crippen LogP contribution in [0.3, 0.4) is 0 Å². The van der Waals surface area contributed by atoms with Crippen LogP contribution in [-0.4, -0.2) is 39.4 Å². The summed E-state index contributed by atoms with van der Waals surface area (Å²) in [5.41, 5.74) is 3.85. The minimum absolute atomic E-state index is 0.0916. The number of carbonyl (C=O) groups is 1. The Morgan fingerprint density at radius 3 is 2.16 bits per heavy atom. The second-order valence-electron chi connectivity index (χ2n) is 13.5. The lowest BCUT2D eigenvalue weighted by Gasteiger charge is -2.48. The van der Waals surface area contributed by atoms with Crippen molar-refractivity contribution >= 4 is 5.97 Å². The number of aromatic nitrogens is 2. The third kappa shape index (κ3) is 7.12. The van der Waals surface area contributed by atoms with Crippen LogP contribution in [0.15, 0.2) is 18.3 Å². The molecule has 0 bridgehead atoms. The van der Waals surface area contributed by atoms with Crippen LogP contribution in [-0.2, 0) is 32.5 Å². The Bertz CT molecular complexity index is 1300. The molecule has 2 spiro atoms. The van der Waals surface area contributed by atoms with Gasteiger partial charge in [-0.2, -0.15) is 13.2 Å². The highest BCUT2D eigenvalue weighted by atomic mass is 19.4. The number of hydrogen-bond donors (Lipinski definition) is 2. The van der Waals surface area contributed by atoms with Crippen molar-refractivity contribution in [3.05, 3.63) is 57.7 Å². The molecule has 4 heterocycles. The minimum atomic E-state index is -4.50. The van der Waals surface area contributed by atoms with Crippen LogP contribution in [0.2, 0.25) is 0 Å². The molecule has 44 heavy (non-hydrogen) atoms. The van der Waals surface area contributed by atoms with Gasteiger partial charge in [-0.15, -0.1) is 0 Å². The highest BCUT2D eigenvalue weighted by molar-refractivity contribution is 5.63. The molecule has 4 aliphatic rings. The summed E-state index contributed by atoms with van der Waals surface area (Å²) >= 11 is 0. The van der Waals surface area contributed by atoms with E-state index in [0.717, 1.165) is 72.7 Å². The number of fused-ring (bicyclic) bond motifs is 4. The largest absolute Gasteiger partial charge is 0.481 e. The van der Waals surface area contributed by atoms with E-state index < -0.39 is 35.6 Å². The van der Waals surface area contributed by atoms with E-state index in [-0.39, 0.29) is 11.3 Å². The molecule has 1 saturated heterocycles. The Kier molecular flexibility index (Phi) is 10.5. The summed E-state index contributed by atoms with van der Waals surface area (Å²) in [6.07, 6.45) is 3.18. The van der Waals surface area contributed by atoms with Gasteiger partial charge in [-0.05, 0) is 54.6 Å². The second kappa shape index (κ2) is 13.4. The van der Waals surface area contributed by atoms with Crippen LogP contribution in [0.5, 0.6) is 0 Å². The van der Waals surface area contributed by atoms with Gasteiger partial charge in [0.1, 0.15) is 11.8 Å². The first kappa shape index (κ1) is 34.3. The van der Waals surface area contributed by atoms with E-state index in [1.807, 2.05) is 0 Å². The molecule has 2 fully saturated rings. The molecule has 6 rings (SSSR count). The van der Waals surface area contributed by atoms with E-state index in [4.69, 9.17) is 24.4 Å². The first-order valence-electron chi connectivity index (χ1n) is 15.9. The molecular formula is C34H47F3N2O5. The summed E-state index contributed by atoms with van der Waals surface area (Å²) in [7, 11) is 0. The van der Waals surface area contributed by atoms with Crippen molar-refractivity contribution in [2.75, 3.05) is 13.2 Å². The summed E-state index contributed by atoms with van der Waals surface area (Å²) < 4.78 is 52.0. The number of halogens is 3. The average Bonchev–Trinajstić information content (AvgIpc) is 3.25. The van der Waals surface area contributed by atoms with Gasteiger partial charge in [0.05, 0.1) is 11.7 Å². The van der Waals surface area contributed by atoms with E-state index in [0.29, 0.717) is 31.6 Å². The molecule has 2 aromatic rings. The van der Waals surface area contributed by atoms with Gasteiger partial charge < -0.3 is 19.7 Å². The molecule has 10 heteroatoms. The van der Waals surface area contributed by atoms with Gasteiger partial charge in [-0.25, -0.2) is 0 Å². The summed E-state index contributed by atoms with van der Waals surface area (Å²) in [6.45, 7) is 13.0. The molecule has 1 saturated carbocycles. The molecule has 244 valence electrons. The molecule has 2 aromatic heterocycles. The molecule has 7 nitrogen and oxygen atoms in total. The standard InChI is InChI=1S/C27H31F3N2O3.C5H12.C2H4O2/c1-15(2)23-21-22(20-17(32-23)12-25(6-3-7-25)13-18(20)33)26(8-10-34-11-9-26)35-24(21)16-4-5-19(31-14-16)27(28,29)30;1-4-5(2)3;1-2(3)4/h4-5,14-15,18,24,33H,3,6-13H2,1-2H3;5H,4H2,1-3H3;1H3,(H,3,4). The number of alkyl halides is 3. The van der Waals surface area contributed by atoms with Crippen LogP contribution in [0.25, 0.3) is 0 Å². The number of ether oxygens (including phenoxy) is 2. The quantitative estimate of drug-likeness (QED) is 0.358. The second-order valence-corrected chi connectivity index (χ2v) is 13.5. The number of nitrogens with zero attached hydrogens (tertiary/aromatic N) is 2. The summed E-state index contributed by atoms with van der Waals surface area (Å²) in [6, 6.07) is 2.48. The van der Waals surface area contributed by atoms with Crippen molar-refractivity contribution in [2.24, 2.45) is 11.3 Å². The van der Waals surface area contributed by atoms with Crippen molar-refractivity contribution in [3.63, 3.8) is 0 Å². The molecule has 2 N–H and O–H groups in total. The van der Waals surface area contributed by atoms with Gasteiger partial charge in [0.15, 0.2) is 0 Å². The number of carboxylic acids is 1. The summed E-state index contributed by atoms with van der Waals surface area (Å²) in [5.74, 6) is 0.143. The monoisotopic (exact) mass is 620 g/mol. The molecule has 2 aliphatic carbocycles. The third-order valence-corrected chi connectivity index (χ3v) is 9.40. The van der Waals surface area contributed by atoms with Gasteiger partial charge >= 0.3 is 6.18 Å². The van der Waals surface area contributed by atoms with E-state index in [2.05, 4.69) is 39.6 Å². The molecule has 2 aliphatic heterocycles. The number of pyridine rings is 2. The van der Waals surface area contributed by atoms with E-state index >= 15 is 0 Å². The van der Waals surface area contributed by atoms with Crippen molar-refractivity contribution in [3.8, 4) is 0 Å². The third-order valence-electron chi connectivity index (χ3n) is 9.40. The fourth-order valence-electron chi connectivity index (χ4n) is 6.75. The smallest absolute Gasteiger partial charge is 0.433 e. The summed E-state index contributed by atoms with van der Waals surface area (Å²) in [4.78, 5) is 17.9. The lowest BCUT2D eigenvalue weighted by Crippen LogP contribution is -2.40. The summed E-state index contributed by atoms with van der Waals surface area (Å²) in [5, 5.41) is 18.9. The van der Waals surface area contributed by atoms with Crippen molar-refractivity contribution < 1.29 is 37.7 Å². The predicted octanol–water partition coefficient (Wildman–Crippen LogP) is 8.04. The predicted molar refractivity (Wildman–Crippen MR) is 160 cm³/mol. The molecule has 0 radical (unpaired) electrons. The van der Waals surface area contributed by atoms with Crippen LogP contribution in [0, 0.1) is 11.3 Å². The van der Waals surface area contributed by atoms with Crippen molar-refractivity contribution in [1.82, 2.24) is 9.97 Å². The maximum Gasteiger partial charge on any atom is 0.433 e. The van der Waals surface area contributed by atoms with E-state index in [1.165, 1.54) is 25.1 Å². The number of rotatable bonds is 3. The number of aliphatic hydroxyl groups is 1. The Morgan fingerprint density at radius 2 is 1.70 bits per heavy atom. The molecular weight excluding hydrogens is 573 g/mol. The minimum Gasteiger partial charge on any atom is -0.481 e. The number of carboxylic acid groups (broad SMARTS) is 1. The Labute approximate surface area is 258 Å². The molecule has 2 atom stereocenters. The van der Waals surface area contributed by atoms with Gasteiger partial charge in [0.25, 0.3) is 5.97 Å². The Balaban J connectivity index is 0.000000434. The van der Waals surface area contributed by atoms with E-state index in [9.17, 15) is 18.3 Å². The fraction of sp³-hybridized carbons (Fsp3) is 0.676. The molecule has 2 unspecified atom stereocenters. The van der Waals surface area contributed by atoms with Crippen molar-refractivity contribution in [1.29, 1.82) is 0 Å². The van der Waals surface area contributed by atoms with Gasteiger partial charge in [-0.3, -0.25) is 14.8 Å². The van der Waals surface area contributed by atoms with Gasteiger partial charge in [-0.1, -0.05) is 53.5 Å². The fourth-order valence-corrected chi connectivity index (χ4v) is 6.75. The van der Waals surface area contributed by atoms with Crippen molar-refractivity contribution in [2.45, 2.75) is 123 Å². The lowest BCUT2D eigenvalue weighted by molar-refractivity contribution is -0.141. The number of aliphatic carboxylic acids is 1. The van der Waals surface area contributed by atoms with Crippen LogP contribution in [0.4, 0.5) is 13.2 Å². The molecule has 0 amide bonds. The Morgan fingerprint density at radius 1 is 1.09 bits per heavy atom. The van der Waals surface area contributed by atoms with Crippen LogP contribution < -0.4 is 0 Å². The highest BCUT2D eigenvalue weighted by Gasteiger charge is 2.54. The van der Waals surface area contributed by atoms with Gasteiger partial charge in [0, 0.05) is 67.3 Å². The number of aliphatic hydroxyl groups excluding tert-OH is 1. The number of hydrogen-bond acceptors (Lipinski definition) is 6. The van der Waals surface area contributed by atoms with Crippen LogP contribution >= 0.6 is 0 Å². The van der Waals surface area contributed by atoms with E-state index in [1.54, 1.807) is 0 Å². The maximum atomic E-state index is 13.2. The first-order chi connectivity index (χ1) is 20.6. The zero-order valence-electron chi connectivity index (χ0n) is 26.8. The van der Waals surface area contributed by atoms with Gasteiger partial charge in [0.2, 0.25) is 0 Å². The molecule has 0 aromatic carbocycles.